The van der Waals surface area contributed by atoms with E-state index in [1.807, 2.05) is 19.4 Å². The van der Waals surface area contributed by atoms with Crippen LogP contribution in [0.5, 0.6) is 0 Å². The SMILES string of the molecule is CNC(Cc1cncc(Br)c1)c1ccsc1. The van der Waals surface area contributed by atoms with E-state index in [2.05, 4.69) is 49.1 Å². The molecule has 2 aromatic rings. The number of nitrogens with one attached hydrogen (secondary N) is 1. The summed E-state index contributed by atoms with van der Waals surface area (Å²) >= 11 is 5.17. The van der Waals surface area contributed by atoms with Crippen molar-refractivity contribution in [2.45, 2.75) is 12.5 Å². The molecule has 0 aliphatic carbocycles. The first-order chi connectivity index (χ1) is 7.79. The van der Waals surface area contributed by atoms with Gasteiger partial charge in [0.05, 0.1) is 0 Å². The van der Waals surface area contributed by atoms with Crippen LogP contribution in [0.4, 0.5) is 0 Å². The van der Waals surface area contributed by atoms with E-state index < -0.39 is 0 Å². The van der Waals surface area contributed by atoms with Crippen molar-refractivity contribution in [2.75, 3.05) is 7.05 Å². The lowest BCUT2D eigenvalue weighted by molar-refractivity contribution is 0.593. The summed E-state index contributed by atoms with van der Waals surface area (Å²) in [5.74, 6) is 0. The third-order valence-electron chi connectivity index (χ3n) is 2.50. The van der Waals surface area contributed by atoms with E-state index in [0.29, 0.717) is 6.04 Å². The van der Waals surface area contributed by atoms with Gasteiger partial charge in [0.2, 0.25) is 0 Å². The average Bonchev–Trinajstić information content (AvgIpc) is 2.79. The van der Waals surface area contributed by atoms with Crippen molar-refractivity contribution in [3.05, 3.63) is 50.9 Å². The number of halogens is 1. The van der Waals surface area contributed by atoms with Gasteiger partial charge < -0.3 is 5.32 Å². The normalized spacial score (nSPS) is 12.6. The Morgan fingerprint density at radius 1 is 1.50 bits per heavy atom. The van der Waals surface area contributed by atoms with Gasteiger partial charge in [-0.25, -0.2) is 0 Å². The topological polar surface area (TPSA) is 24.9 Å². The standard InChI is InChI=1S/C12H13BrN2S/c1-14-12(10-2-3-16-8-10)5-9-4-11(13)7-15-6-9/h2-4,6-8,12,14H,5H2,1H3. The van der Waals surface area contributed by atoms with Crippen molar-refractivity contribution in [2.24, 2.45) is 0 Å². The molecule has 0 amide bonds. The highest BCUT2D eigenvalue weighted by atomic mass is 79.9. The summed E-state index contributed by atoms with van der Waals surface area (Å²) in [7, 11) is 1.99. The number of pyridine rings is 1. The number of likely N-dealkylation sites (N-methyl/N-ethyl adjacent to an activating group) is 1. The maximum absolute atomic E-state index is 4.18. The third kappa shape index (κ3) is 2.90. The summed E-state index contributed by atoms with van der Waals surface area (Å²) in [6.45, 7) is 0. The van der Waals surface area contributed by atoms with E-state index >= 15 is 0 Å². The molecule has 0 spiro atoms. The monoisotopic (exact) mass is 296 g/mol. The molecule has 0 fully saturated rings. The van der Waals surface area contributed by atoms with Gasteiger partial charge in [0, 0.05) is 22.9 Å². The van der Waals surface area contributed by atoms with Crippen molar-refractivity contribution in [1.82, 2.24) is 10.3 Å². The molecule has 2 nitrogen and oxygen atoms in total. The van der Waals surface area contributed by atoms with E-state index in [9.17, 15) is 0 Å². The minimum atomic E-state index is 0.363. The Kier molecular flexibility index (Phi) is 4.09. The molecular formula is C12H13BrN2S. The average molecular weight is 297 g/mol. The molecular weight excluding hydrogens is 284 g/mol. The molecule has 0 saturated carbocycles. The van der Waals surface area contributed by atoms with Gasteiger partial charge in [0.1, 0.15) is 0 Å². The zero-order chi connectivity index (χ0) is 11.4. The number of aromatic nitrogens is 1. The lowest BCUT2D eigenvalue weighted by Gasteiger charge is -2.14. The maximum atomic E-state index is 4.18. The number of thiophene rings is 1. The Morgan fingerprint density at radius 3 is 3.00 bits per heavy atom. The van der Waals surface area contributed by atoms with Crippen molar-refractivity contribution in [1.29, 1.82) is 0 Å². The molecule has 0 radical (unpaired) electrons. The lowest BCUT2D eigenvalue weighted by Crippen LogP contribution is -2.18. The molecule has 2 heterocycles. The van der Waals surface area contributed by atoms with E-state index in [-0.39, 0.29) is 0 Å². The second kappa shape index (κ2) is 5.57. The van der Waals surface area contributed by atoms with Gasteiger partial charge in [-0.2, -0.15) is 11.3 Å². The summed E-state index contributed by atoms with van der Waals surface area (Å²) in [4.78, 5) is 4.18. The largest absolute Gasteiger partial charge is 0.313 e. The number of nitrogens with zero attached hydrogens (tertiary/aromatic N) is 1. The fraction of sp³-hybridized carbons (Fsp3) is 0.250. The molecule has 2 aromatic heterocycles. The predicted molar refractivity (Wildman–Crippen MR) is 71.8 cm³/mol. The van der Waals surface area contributed by atoms with Crippen LogP contribution in [0.1, 0.15) is 17.2 Å². The first kappa shape index (κ1) is 11.8. The first-order valence-corrected chi connectivity index (χ1v) is 6.82. The second-order valence-corrected chi connectivity index (χ2v) is 5.31. The zero-order valence-corrected chi connectivity index (χ0v) is 11.4. The van der Waals surface area contributed by atoms with Gasteiger partial charge in [-0.3, -0.25) is 4.98 Å². The Bertz CT molecular complexity index is 442. The molecule has 84 valence electrons. The molecule has 2 rings (SSSR count). The van der Waals surface area contributed by atoms with Crippen LogP contribution >= 0.6 is 27.3 Å². The van der Waals surface area contributed by atoms with E-state index in [1.54, 1.807) is 11.3 Å². The van der Waals surface area contributed by atoms with Crippen LogP contribution in [-0.2, 0) is 6.42 Å². The highest BCUT2D eigenvalue weighted by molar-refractivity contribution is 9.10. The molecule has 1 unspecified atom stereocenters. The Labute approximate surface area is 108 Å². The fourth-order valence-corrected chi connectivity index (χ4v) is 2.79. The summed E-state index contributed by atoms with van der Waals surface area (Å²) in [5.41, 5.74) is 2.58. The molecule has 0 aromatic carbocycles. The highest BCUT2D eigenvalue weighted by Gasteiger charge is 2.10. The predicted octanol–water partition coefficient (Wildman–Crippen LogP) is 3.41. The van der Waals surface area contributed by atoms with Gasteiger partial charge >= 0.3 is 0 Å². The van der Waals surface area contributed by atoms with Crippen LogP contribution in [0.25, 0.3) is 0 Å². The molecule has 0 aliphatic rings. The van der Waals surface area contributed by atoms with Crippen molar-refractivity contribution < 1.29 is 0 Å². The summed E-state index contributed by atoms with van der Waals surface area (Å²) in [6.07, 6.45) is 4.68. The van der Waals surface area contributed by atoms with Crippen LogP contribution in [0.15, 0.2) is 39.8 Å². The zero-order valence-electron chi connectivity index (χ0n) is 8.98. The quantitative estimate of drug-likeness (QED) is 0.935. The highest BCUT2D eigenvalue weighted by Crippen LogP contribution is 2.21. The fourth-order valence-electron chi connectivity index (χ4n) is 1.66. The van der Waals surface area contributed by atoms with Crippen LogP contribution in [0.2, 0.25) is 0 Å². The van der Waals surface area contributed by atoms with Crippen LogP contribution in [0, 0.1) is 0 Å². The smallest absolute Gasteiger partial charge is 0.0410 e. The van der Waals surface area contributed by atoms with E-state index in [0.717, 1.165) is 10.9 Å². The summed E-state index contributed by atoms with van der Waals surface area (Å²) < 4.78 is 1.03. The van der Waals surface area contributed by atoms with Gasteiger partial charge in [-0.15, -0.1) is 0 Å². The van der Waals surface area contributed by atoms with Gasteiger partial charge in [-0.05, 0) is 63.4 Å². The number of hydrogen-bond acceptors (Lipinski definition) is 3. The summed E-state index contributed by atoms with van der Waals surface area (Å²) in [6, 6.07) is 4.64. The number of rotatable bonds is 4. The summed E-state index contributed by atoms with van der Waals surface area (Å²) in [5, 5.41) is 7.63. The molecule has 4 heteroatoms. The second-order valence-electron chi connectivity index (χ2n) is 3.61. The van der Waals surface area contributed by atoms with Gasteiger partial charge in [-0.1, -0.05) is 0 Å². The molecule has 0 bridgehead atoms. The molecule has 0 saturated heterocycles. The molecule has 1 N–H and O–H groups in total. The first-order valence-electron chi connectivity index (χ1n) is 5.08. The third-order valence-corrected chi connectivity index (χ3v) is 3.63. The Morgan fingerprint density at radius 2 is 2.38 bits per heavy atom. The van der Waals surface area contributed by atoms with Crippen LogP contribution in [-0.4, -0.2) is 12.0 Å². The van der Waals surface area contributed by atoms with Crippen LogP contribution in [0.3, 0.4) is 0 Å². The lowest BCUT2D eigenvalue weighted by atomic mass is 10.0. The molecule has 16 heavy (non-hydrogen) atoms. The van der Waals surface area contributed by atoms with Gasteiger partial charge in [0.15, 0.2) is 0 Å². The Hall–Kier alpha value is -0.710. The van der Waals surface area contributed by atoms with Crippen molar-refractivity contribution in [3.63, 3.8) is 0 Å². The Balaban J connectivity index is 2.13. The van der Waals surface area contributed by atoms with E-state index in [1.165, 1.54) is 11.1 Å². The number of hydrogen-bond donors (Lipinski definition) is 1. The van der Waals surface area contributed by atoms with Crippen molar-refractivity contribution >= 4 is 27.3 Å². The molecule has 0 aliphatic heterocycles. The minimum Gasteiger partial charge on any atom is -0.313 e. The minimum absolute atomic E-state index is 0.363. The van der Waals surface area contributed by atoms with E-state index in [4.69, 9.17) is 0 Å². The van der Waals surface area contributed by atoms with Gasteiger partial charge in [0.25, 0.3) is 0 Å². The van der Waals surface area contributed by atoms with Crippen LogP contribution < -0.4 is 5.32 Å². The molecule has 1 atom stereocenters. The maximum Gasteiger partial charge on any atom is 0.0410 e. The van der Waals surface area contributed by atoms with Crippen molar-refractivity contribution in [3.8, 4) is 0 Å².